The first-order valence-electron chi connectivity index (χ1n) is 8.71. The molecule has 0 aliphatic rings. The molecule has 0 spiro atoms. The molecule has 0 fully saturated rings. The summed E-state index contributed by atoms with van der Waals surface area (Å²) in [5.41, 5.74) is 0. The zero-order valence-electron chi connectivity index (χ0n) is 14.6. The highest BCUT2D eigenvalue weighted by molar-refractivity contribution is 4.29. The molecule has 0 unspecified atom stereocenters. The van der Waals surface area contributed by atoms with Crippen molar-refractivity contribution in [2.45, 2.75) is 79.1 Å². The smallest absolute Gasteiger partial charge is 0.0964 e. The van der Waals surface area contributed by atoms with Crippen molar-refractivity contribution >= 4 is 0 Å². The van der Waals surface area contributed by atoms with Gasteiger partial charge in [-0.3, -0.25) is 0 Å². The van der Waals surface area contributed by atoms with Gasteiger partial charge in [0.1, 0.15) is 26.4 Å². The monoisotopic (exact) mass is 306 g/mol. The van der Waals surface area contributed by atoms with Crippen LogP contribution in [0.2, 0.25) is 0 Å². The minimum atomic E-state index is -0.556. The minimum absolute atomic E-state index is 0.556. The lowest BCUT2D eigenvalue weighted by molar-refractivity contribution is -1.47. The average Bonchev–Trinajstić information content (AvgIpc) is 2.48. The number of unbranched alkanes of at least 4 members (excludes halogenated alkanes) is 4. The van der Waals surface area contributed by atoms with Crippen LogP contribution in [0.4, 0.5) is 0 Å². The third-order valence-electron chi connectivity index (χ3n) is 2.99. The van der Waals surface area contributed by atoms with E-state index in [1.165, 1.54) is 0 Å². The SMILES string of the molecule is CCCCO[N+](OCCCC)(OCCCC)OCCCC. The Morgan fingerprint density at radius 2 is 0.714 bits per heavy atom. The summed E-state index contributed by atoms with van der Waals surface area (Å²) in [6.07, 6.45) is 8.13. The van der Waals surface area contributed by atoms with E-state index in [1.807, 2.05) is 0 Å². The molecular formula is C16H36NO4+. The van der Waals surface area contributed by atoms with Gasteiger partial charge in [-0.25, -0.2) is 0 Å². The third-order valence-corrected chi connectivity index (χ3v) is 2.99. The van der Waals surface area contributed by atoms with Crippen LogP contribution in [0.5, 0.6) is 0 Å². The van der Waals surface area contributed by atoms with E-state index >= 15 is 0 Å². The summed E-state index contributed by atoms with van der Waals surface area (Å²) in [7, 11) is 0. The highest BCUT2D eigenvalue weighted by Gasteiger charge is 2.38. The number of quaternary nitrogens is 1. The Kier molecular flexibility index (Phi) is 14.6. The van der Waals surface area contributed by atoms with E-state index in [4.69, 9.17) is 19.4 Å². The quantitative estimate of drug-likeness (QED) is 0.235. The van der Waals surface area contributed by atoms with E-state index in [9.17, 15) is 0 Å². The van der Waals surface area contributed by atoms with Gasteiger partial charge in [0.15, 0.2) is 0 Å². The van der Waals surface area contributed by atoms with Gasteiger partial charge in [0, 0.05) is 0 Å². The lowest BCUT2D eigenvalue weighted by Gasteiger charge is -2.26. The van der Waals surface area contributed by atoms with Crippen molar-refractivity contribution in [2.75, 3.05) is 26.4 Å². The highest BCUT2D eigenvalue weighted by atomic mass is 17.4. The van der Waals surface area contributed by atoms with Crippen molar-refractivity contribution in [3.8, 4) is 0 Å². The van der Waals surface area contributed by atoms with Crippen LogP contribution in [0, 0.1) is 0 Å². The van der Waals surface area contributed by atoms with Crippen LogP contribution in [0.15, 0.2) is 0 Å². The van der Waals surface area contributed by atoms with Crippen LogP contribution >= 0.6 is 0 Å². The van der Waals surface area contributed by atoms with Crippen molar-refractivity contribution in [1.29, 1.82) is 0 Å². The number of hydrogen-bond donors (Lipinski definition) is 0. The first-order valence-corrected chi connectivity index (χ1v) is 8.71. The van der Waals surface area contributed by atoms with E-state index in [0.29, 0.717) is 26.4 Å². The predicted octanol–water partition coefficient (Wildman–Crippen LogP) is 4.73. The van der Waals surface area contributed by atoms with Crippen LogP contribution in [-0.4, -0.2) is 31.6 Å². The molecule has 0 aromatic carbocycles. The van der Waals surface area contributed by atoms with Gasteiger partial charge < -0.3 is 0 Å². The molecule has 0 aliphatic carbocycles. The summed E-state index contributed by atoms with van der Waals surface area (Å²) >= 11 is 0. The molecular weight excluding hydrogens is 270 g/mol. The summed E-state index contributed by atoms with van der Waals surface area (Å²) in [4.78, 5) is 23.1. The van der Waals surface area contributed by atoms with Gasteiger partial charge in [-0.15, -0.1) is 0 Å². The fourth-order valence-electron chi connectivity index (χ4n) is 1.51. The summed E-state index contributed by atoms with van der Waals surface area (Å²) in [6, 6.07) is 0. The van der Waals surface area contributed by atoms with Crippen LogP contribution in [0.1, 0.15) is 79.1 Å². The number of hydrogen-bond acceptors (Lipinski definition) is 4. The Hall–Kier alpha value is -0.200. The lowest BCUT2D eigenvalue weighted by atomic mass is 10.4. The van der Waals surface area contributed by atoms with Gasteiger partial charge in [-0.2, -0.15) is 0 Å². The Bertz CT molecular complexity index is 169. The Morgan fingerprint density at radius 3 is 0.905 bits per heavy atom. The Balaban J connectivity index is 4.52. The van der Waals surface area contributed by atoms with Gasteiger partial charge in [0.2, 0.25) is 5.14 Å². The molecule has 0 saturated carbocycles. The standard InChI is InChI=1S/C16H36NO4/c1-5-9-13-18-17(19-14-10-6-2,20-15-11-7-3)21-16-12-8-4/h5-16H2,1-4H3/q+1. The molecule has 5 nitrogen and oxygen atoms in total. The number of nitrogens with zero attached hydrogens (tertiary/aromatic N) is 1. The van der Waals surface area contributed by atoms with E-state index in [2.05, 4.69) is 27.7 Å². The summed E-state index contributed by atoms with van der Waals surface area (Å²) in [5, 5.41) is -0.556. The van der Waals surface area contributed by atoms with Crippen molar-refractivity contribution < 1.29 is 24.5 Å². The second kappa shape index (κ2) is 14.7. The first kappa shape index (κ1) is 20.8. The normalized spacial score (nSPS) is 12.0. The van der Waals surface area contributed by atoms with Crippen molar-refractivity contribution in [2.24, 2.45) is 0 Å². The largest absolute Gasteiger partial charge is 0.247 e. The maximum atomic E-state index is 5.78. The van der Waals surface area contributed by atoms with E-state index in [-0.39, 0.29) is 0 Å². The van der Waals surface area contributed by atoms with E-state index in [0.717, 1.165) is 51.4 Å². The topological polar surface area (TPSA) is 36.9 Å². The molecule has 21 heavy (non-hydrogen) atoms. The van der Waals surface area contributed by atoms with E-state index < -0.39 is 5.14 Å². The van der Waals surface area contributed by atoms with Crippen LogP contribution in [-0.2, 0) is 19.4 Å². The van der Waals surface area contributed by atoms with Crippen molar-refractivity contribution in [3.63, 3.8) is 0 Å². The molecule has 5 heteroatoms. The van der Waals surface area contributed by atoms with E-state index in [1.54, 1.807) is 0 Å². The molecule has 0 radical (unpaired) electrons. The zero-order chi connectivity index (χ0) is 15.8. The first-order chi connectivity index (χ1) is 10.2. The van der Waals surface area contributed by atoms with Crippen LogP contribution < -0.4 is 0 Å². The van der Waals surface area contributed by atoms with Crippen molar-refractivity contribution in [3.05, 3.63) is 0 Å². The number of rotatable bonds is 16. The second-order valence-electron chi connectivity index (χ2n) is 5.19. The Labute approximate surface area is 130 Å². The molecule has 0 heterocycles. The van der Waals surface area contributed by atoms with Crippen molar-refractivity contribution in [1.82, 2.24) is 0 Å². The maximum Gasteiger partial charge on any atom is 0.247 e. The third kappa shape index (κ3) is 11.1. The van der Waals surface area contributed by atoms with Gasteiger partial charge in [0.05, 0.1) is 0 Å². The summed E-state index contributed by atoms with van der Waals surface area (Å²) in [5.74, 6) is 0. The molecule has 0 amide bonds. The lowest BCUT2D eigenvalue weighted by Crippen LogP contribution is -2.48. The summed E-state index contributed by atoms with van der Waals surface area (Å²) in [6.45, 7) is 10.8. The molecule has 0 bridgehead atoms. The van der Waals surface area contributed by atoms with Gasteiger partial charge in [0.25, 0.3) is 0 Å². The molecule has 128 valence electrons. The molecule has 0 aromatic rings. The fourth-order valence-corrected chi connectivity index (χ4v) is 1.51. The zero-order valence-corrected chi connectivity index (χ0v) is 14.6. The van der Waals surface area contributed by atoms with Gasteiger partial charge in [-0.05, 0) is 25.7 Å². The maximum absolute atomic E-state index is 5.78. The van der Waals surface area contributed by atoms with Gasteiger partial charge in [-0.1, -0.05) is 72.7 Å². The predicted molar refractivity (Wildman–Crippen MR) is 83.7 cm³/mol. The van der Waals surface area contributed by atoms with Crippen LogP contribution in [0.25, 0.3) is 0 Å². The highest BCUT2D eigenvalue weighted by Crippen LogP contribution is 2.17. The van der Waals surface area contributed by atoms with Gasteiger partial charge >= 0.3 is 0 Å². The minimum Gasteiger partial charge on any atom is -0.0964 e. The molecule has 0 rings (SSSR count). The average molecular weight is 306 g/mol. The second-order valence-corrected chi connectivity index (χ2v) is 5.19. The van der Waals surface area contributed by atoms with Crippen LogP contribution in [0.3, 0.4) is 0 Å². The summed E-state index contributed by atoms with van der Waals surface area (Å²) < 4.78 is 0. The molecule has 0 atom stereocenters. The Morgan fingerprint density at radius 1 is 0.476 bits per heavy atom. The molecule has 0 N–H and O–H groups in total. The fraction of sp³-hybridized carbons (Fsp3) is 1.00. The molecule has 0 aliphatic heterocycles. The molecule has 0 saturated heterocycles. The molecule has 0 aromatic heterocycles.